The van der Waals surface area contributed by atoms with Crippen LogP contribution in [0.4, 0.5) is 17.5 Å². The van der Waals surface area contributed by atoms with Gasteiger partial charge < -0.3 is 25.2 Å². The fourth-order valence-corrected chi connectivity index (χ4v) is 5.10. The van der Waals surface area contributed by atoms with E-state index in [-0.39, 0.29) is 18.4 Å². The second kappa shape index (κ2) is 11.0. The molecule has 1 atom stereocenters. The molecule has 1 amide bonds. The molecule has 0 bridgehead atoms. The zero-order chi connectivity index (χ0) is 29.3. The van der Waals surface area contributed by atoms with E-state index in [1.54, 1.807) is 35.6 Å². The van der Waals surface area contributed by atoms with E-state index in [1.165, 1.54) is 0 Å². The van der Waals surface area contributed by atoms with Crippen LogP contribution in [-0.2, 0) is 5.54 Å². The first-order chi connectivity index (χ1) is 20.4. The smallest absolute Gasteiger partial charge is 0.261 e. The SMILES string of the molecule is CCN1C(=O)c2cnc(Nc3cc(N[C@H](CO)c4ccccc4)c(-c4nc(-c5ccccn5)no4)cn3)nc2C1(C)C. The van der Waals surface area contributed by atoms with Crippen molar-refractivity contribution in [1.29, 1.82) is 0 Å². The van der Waals surface area contributed by atoms with Gasteiger partial charge in [-0.3, -0.25) is 9.78 Å². The summed E-state index contributed by atoms with van der Waals surface area (Å²) < 4.78 is 5.60. The Morgan fingerprint density at radius 1 is 1.00 bits per heavy atom. The monoisotopic (exact) mass is 563 g/mol. The Morgan fingerprint density at radius 2 is 1.79 bits per heavy atom. The highest BCUT2D eigenvalue weighted by Crippen LogP contribution is 2.38. The summed E-state index contributed by atoms with van der Waals surface area (Å²) in [4.78, 5) is 37.1. The third-order valence-corrected chi connectivity index (χ3v) is 7.24. The van der Waals surface area contributed by atoms with E-state index < -0.39 is 11.6 Å². The van der Waals surface area contributed by atoms with E-state index >= 15 is 0 Å². The van der Waals surface area contributed by atoms with Crippen molar-refractivity contribution in [2.45, 2.75) is 32.4 Å². The van der Waals surface area contributed by atoms with Gasteiger partial charge >= 0.3 is 0 Å². The number of amides is 1. The number of hydrogen-bond acceptors (Lipinski definition) is 11. The van der Waals surface area contributed by atoms with Gasteiger partial charge in [-0.25, -0.2) is 15.0 Å². The molecular weight excluding hydrogens is 534 g/mol. The van der Waals surface area contributed by atoms with E-state index in [9.17, 15) is 9.90 Å². The van der Waals surface area contributed by atoms with E-state index in [4.69, 9.17) is 4.52 Å². The third-order valence-electron chi connectivity index (χ3n) is 7.24. The fraction of sp³-hybridized carbons (Fsp3) is 0.233. The number of pyridine rings is 2. The minimum atomic E-state index is -0.572. The lowest BCUT2D eigenvalue weighted by atomic mass is 10.0. The molecule has 0 saturated heterocycles. The summed E-state index contributed by atoms with van der Waals surface area (Å²) >= 11 is 0. The van der Waals surface area contributed by atoms with Crippen molar-refractivity contribution in [2.24, 2.45) is 0 Å². The molecular formula is C30H29N9O3. The zero-order valence-electron chi connectivity index (χ0n) is 23.3. The number of anilines is 3. The number of fused-ring (bicyclic) bond motifs is 1. The number of nitrogens with one attached hydrogen (secondary N) is 2. The average Bonchev–Trinajstić information content (AvgIpc) is 3.57. The molecule has 5 aromatic rings. The van der Waals surface area contributed by atoms with Gasteiger partial charge in [-0.1, -0.05) is 41.6 Å². The van der Waals surface area contributed by atoms with Gasteiger partial charge in [0.1, 0.15) is 11.5 Å². The molecule has 0 fully saturated rings. The molecule has 1 aromatic carbocycles. The van der Waals surface area contributed by atoms with Gasteiger partial charge in [0.2, 0.25) is 11.8 Å². The zero-order valence-corrected chi connectivity index (χ0v) is 23.3. The molecule has 6 rings (SSSR count). The van der Waals surface area contributed by atoms with Gasteiger partial charge in [0.15, 0.2) is 0 Å². The molecule has 1 aliphatic rings. The van der Waals surface area contributed by atoms with Crippen LogP contribution in [0.3, 0.4) is 0 Å². The maximum absolute atomic E-state index is 12.8. The number of carbonyl (C=O) groups excluding carboxylic acids is 1. The lowest BCUT2D eigenvalue weighted by molar-refractivity contribution is 0.0631. The summed E-state index contributed by atoms with van der Waals surface area (Å²) in [5, 5.41) is 20.9. The quantitative estimate of drug-likeness (QED) is 0.231. The minimum absolute atomic E-state index is 0.0846. The highest BCUT2D eigenvalue weighted by Gasteiger charge is 2.44. The number of aliphatic hydroxyl groups excluding tert-OH is 1. The second-order valence-corrected chi connectivity index (χ2v) is 10.2. The normalized spacial score (nSPS) is 14.5. The number of carbonyl (C=O) groups is 1. The highest BCUT2D eigenvalue weighted by molar-refractivity contribution is 5.99. The van der Waals surface area contributed by atoms with E-state index in [0.29, 0.717) is 52.3 Å². The molecule has 42 heavy (non-hydrogen) atoms. The number of aliphatic hydroxyl groups is 1. The Hall–Kier alpha value is -5.23. The predicted molar refractivity (Wildman–Crippen MR) is 156 cm³/mol. The maximum Gasteiger partial charge on any atom is 0.261 e. The first-order valence-corrected chi connectivity index (χ1v) is 13.5. The Bertz CT molecular complexity index is 1730. The van der Waals surface area contributed by atoms with Crippen molar-refractivity contribution in [3.05, 3.63) is 90.0 Å². The van der Waals surface area contributed by atoms with Crippen LogP contribution in [0.25, 0.3) is 23.0 Å². The van der Waals surface area contributed by atoms with Crippen molar-refractivity contribution < 1.29 is 14.4 Å². The molecule has 212 valence electrons. The van der Waals surface area contributed by atoms with Gasteiger partial charge in [-0.15, -0.1) is 0 Å². The number of rotatable bonds is 9. The Labute approximate surface area is 241 Å². The van der Waals surface area contributed by atoms with Crippen molar-refractivity contribution in [1.82, 2.24) is 35.0 Å². The van der Waals surface area contributed by atoms with Crippen LogP contribution in [0, 0.1) is 0 Å². The number of hydrogen-bond donors (Lipinski definition) is 3. The maximum atomic E-state index is 12.8. The molecule has 5 heterocycles. The van der Waals surface area contributed by atoms with Crippen LogP contribution in [0.2, 0.25) is 0 Å². The van der Waals surface area contributed by atoms with E-state index in [2.05, 4.69) is 40.7 Å². The molecule has 0 saturated carbocycles. The van der Waals surface area contributed by atoms with Crippen LogP contribution in [0.1, 0.15) is 48.4 Å². The average molecular weight is 564 g/mol. The topological polar surface area (TPSA) is 155 Å². The fourth-order valence-electron chi connectivity index (χ4n) is 5.10. The summed E-state index contributed by atoms with van der Waals surface area (Å²) in [6.45, 7) is 6.27. The molecule has 12 nitrogen and oxygen atoms in total. The molecule has 0 unspecified atom stereocenters. The summed E-state index contributed by atoms with van der Waals surface area (Å²) in [5.41, 5.74) is 3.16. The number of aromatic nitrogens is 6. The van der Waals surface area contributed by atoms with Crippen molar-refractivity contribution in [3.8, 4) is 23.0 Å². The van der Waals surface area contributed by atoms with Gasteiger partial charge in [-0.05, 0) is 38.5 Å². The number of nitrogens with zero attached hydrogens (tertiary/aromatic N) is 7. The molecule has 3 N–H and O–H groups in total. The van der Waals surface area contributed by atoms with Gasteiger partial charge in [0.25, 0.3) is 11.8 Å². The van der Waals surface area contributed by atoms with Gasteiger partial charge in [0.05, 0.1) is 40.7 Å². The lowest BCUT2D eigenvalue weighted by Crippen LogP contribution is -2.39. The van der Waals surface area contributed by atoms with Crippen molar-refractivity contribution >= 4 is 23.4 Å². The standard InChI is InChI=1S/C30H29N9O3/c1-4-39-28(41)20-16-33-29(36-25(20)30(39,2)3)35-24-14-22(34-23(17-40)18-10-6-5-7-11-18)19(15-32-24)27-37-26(38-42-27)21-12-8-9-13-31-21/h5-16,23,40H,4,17H2,1-3H3,(H2,32,33,34,35,36)/t23-/m1/s1. The lowest BCUT2D eigenvalue weighted by Gasteiger charge is -2.30. The molecule has 4 aromatic heterocycles. The van der Waals surface area contributed by atoms with Crippen LogP contribution in [0.15, 0.2) is 77.7 Å². The molecule has 0 spiro atoms. The summed E-state index contributed by atoms with van der Waals surface area (Å²) in [7, 11) is 0. The second-order valence-electron chi connectivity index (χ2n) is 10.2. The first kappa shape index (κ1) is 27.0. The Morgan fingerprint density at radius 3 is 2.52 bits per heavy atom. The number of benzene rings is 1. The van der Waals surface area contributed by atoms with E-state index in [1.807, 2.05) is 63.2 Å². The molecule has 0 aliphatic carbocycles. The van der Waals surface area contributed by atoms with Crippen LogP contribution >= 0.6 is 0 Å². The summed E-state index contributed by atoms with van der Waals surface area (Å²) in [6.07, 6.45) is 4.80. The summed E-state index contributed by atoms with van der Waals surface area (Å²) in [6, 6.07) is 16.4. The molecule has 1 aliphatic heterocycles. The molecule has 0 radical (unpaired) electrons. The third kappa shape index (κ3) is 4.92. The Balaban J connectivity index is 1.36. The summed E-state index contributed by atoms with van der Waals surface area (Å²) in [5.74, 6) is 1.22. The van der Waals surface area contributed by atoms with Gasteiger partial charge in [0, 0.05) is 31.2 Å². The molecule has 12 heteroatoms. The van der Waals surface area contributed by atoms with Crippen LogP contribution < -0.4 is 10.6 Å². The van der Waals surface area contributed by atoms with Crippen LogP contribution in [0.5, 0.6) is 0 Å². The predicted octanol–water partition coefficient (Wildman–Crippen LogP) is 4.58. The largest absolute Gasteiger partial charge is 0.394 e. The highest BCUT2D eigenvalue weighted by atomic mass is 16.5. The van der Waals surface area contributed by atoms with Crippen LogP contribution in [-0.4, -0.2) is 59.1 Å². The van der Waals surface area contributed by atoms with Gasteiger partial charge in [-0.2, -0.15) is 4.98 Å². The minimum Gasteiger partial charge on any atom is -0.394 e. The van der Waals surface area contributed by atoms with Crippen molar-refractivity contribution in [3.63, 3.8) is 0 Å². The Kier molecular flexibility index (Phi) is 7.05. The van der Waals surface area contributed by atoms with Crippen molar-refractivity contribution in [2.75, 3.05) is 23.8 Å². The first-order valence-electron chi connectivity index (χ1n) is 13.5. The van der Waals surface area contributed by atoms with E-state index in [0.717, 1.165) is 5.56 Å².